The van der Waals surface area contributed by atoms with Crippen molar-refractivity contribution in [3.05, 3.63) is 42.2 Å². The van der Waals surface area contributed by atoms with Crippen LogP contribution in [0.15, 0.2) is 36.7 Å². The maximum absolute atomic E-state index is 13.5. The van der Waals surface area contributed by atoms with E-state index in [0.29, 0.717) is 25.5 Å². The molecular formula is C20H25F2N5O. The summed E-state index contributed by atoms with van der Waals surface area (Å²) in [5.74, 6) is 0.610. The predicted molar refractivity (Wildman–Crippen MR) is 101 cm³/mol. The number of piperidine rings is 1. The van der Waals surface area contributed by atoms with Crippen LogP contribution in [0.3, 0.4) is 0 Å². The Bertz CT molecular complexity index is 804. The van der Waals surface area contributed by atoms with Crippen molar-refractivity contribution in [3.8, 4) is 0 Å². The van der Waals surface area contributed by atoms with Crippen LogP contribution in [0.2, 0.25) is 0 Å². The van der Waals surface area contributed by atoms with Crippen LogP contribution in [-0.2, 0) is 4.79 Å². The highest BCUT2D eigenvalue weighted by atomic mass is 19.3. The van der Waals surface area contributed by atoms with E-state index in [1.807, 2.05) is 42.2 Å². The summed E-state index contributed by atoms with van der Waals surface area (Å²) in [4.78, 5) is 18.8. The van der Waals surface area contributed by atoms with Crippen LogP contribution < -0.4 is 5.32 Å². The van der Waals surface area contributed by atoms with Crippen molar-refractivity contribution in [1.82, 2.24) is 19.7 Å². The molecule has 1 N–H and O–H groups in total. The highest BCUT2D eigenvalue weighted by Crippen LogP contribution is 2.35. The number of halogens is 2. The molecule has 3 heterocycles. The maximum Gasteiger partial charge on any atom is 0.260 e. The second-order valence-corrected chi connectivity index (χ2v) is 7.71. The van der Waals surface area contributed by atoms with Crippen LogP contribution in [0, 0.1) is 5.92 Å². The number of fused-ring (bicyclic) bond motifs is 1. The number of likely N-dealkylation sites (tertiary alicyclic amines) is 1. The Morgan fingerprint density at radius 1 is 1.21 bits per heavy atom. The van der Waals surface area contributed by atoms with E-state index in [4.69, 9.17) is 0 Å². The molecule has 2 aromatic rings. The van der Waals surface area contributed by atoms with E-state index in [1.54, 1.807) is 0 Å². The van der Waals surface area contributed by atoms with Crippen molar-refractivity contribution in [3.63, 3.8) is 0 Å². The lowest BCUT2D eigenvalue weighted by Gasteiger charge is -2.40. The lowest BCUT2D eigenvalue weighted by molar-refractivity contribution is -0.133. The van der Waals surface area contributed by atoms with Gasteiger partial charge in [0.15, 0.2) is 0 Å². The van der Waals surface area contributed by atoms with Crippen LogP contribution in [0.25, 0.3) is 0 Å². The van der Waals surface area contributed by atoms with Crippen LogP contribution in [-0.4, -0.2) is 51.1 Å². The van der Waals surface area contributed by atoms with Gasteiger partial charge in [-0.15, -0.1) is 0 Å². The van der Waals surface area contributed by atoms with E-state index >= 15 is 0 Å². The molecule has 6 nitrogen and oxygen atoms in total. The number of nitrogens with zero attached hydrogens (tertiary/aromatic N) is 4. The number of benzene rings is 1. The van der Waals surface area contributed by atoms with Gasteiger partial charge < -0.3 is 10.2 Å². The quantitative estimate of drug-likeness (QED) is 0.872. The summed E-state index contributed by atoms with van der Waals surface area (Å²) in [6, 6.07) is 8.76. The first-order valence-corrected chi connectivity index (χ1v) is 9.82. The molecule has 0 saturated carbocycles. The van der Waals surface area contributed by atoms with Crippen molar-refractivity contribution in [2.45, 2.75) is 50.6 Å². The molecule has 0 spiro atoms. The number of carbonyl (C=O) groups is 1. The van der Waals surface area contributed by atoms with Gasteiger partial charge >= 0.3 is 0 Å². The third-order valence-corrected chi connectivity index (χ3v) is 6.08. The fourth-order valence-corrected chi connectivity index (χ4v) is 4.38. The minimum absolute atomic E-state index is 0.0699. The second kappa shape index (κ2) is 7.85. The number of anilines is 1. The molecule has 8 heteroatoms. The molecule has 1 amide bonds. The van der Waals surface area contributed by atoms with E-state index in [-0.39, 0.29) is 23.8 Å². The molecule has 28 heavy (non-hydrogen) atoms. The van der Waals surface area contributed by atoms with E-state index in [0.717, 1.165) is 18.4 Å². The first-order chi connectivity index (χ1) is 13.5. The SMILES string of the molecule is CC(C(=O)N1CCC([C@@H]2C[C@H](C(F)F)n3ncnc3N2)CC1)c1ccccc1. The normalized spacial score (nSPS) is 23.9. The number of carbonyl (C=O) groups excluding carboxylic acids is 1. The average molecular weight is 389 g/mol. The van der Waals surface area contributed by atoms with Gasteiger partial charge in [0.2, 0.25) is 11.9 Å². The standard InChI is InChI=1S/C20H25F2N5O/c1-13(14-5-3-2-4-6-14)19(28)26-9-7-15(8-10-26)16-11-17(18(21)22)27-20(25-16)23-12-24-27/h2-6,12-13,15-18H,7-11H2,1H3,(H,23,24,25)/t13?,16-,17+/m0/s1. The molecule has 1 fully saturated rings. The number of amides is 1. The van der Waals surface area contributed by atoms with Gasteiger partial charge in [0.1, 0.15) is 12.4 Å². The average Bonchev–Trinajstić information content (AvgIpc) is 3.21. The van der Waals surface area contributed by atoms with Crippen LogP contribution >= 0.6 is 0 Å². The molecule has 150 valence electrons. The molecule has 0 bridgehead atoms. The summed E-state index contributed by atoms with van der Waals surface area (Å²) in [6.45, 7) is 3.25. The highest BCUT2D eigenvalue weighted by Gasteiger charge is 2.38. The Morgan fingerprint density at radius 2 is 1.93 bits per heavy atom. The number of aromatic nitrogens is 3. The van der Waals surface area contributed by atoms with Gasteiger partial charge in [-0.2, -0.15) is 10.1 Å². The highest BCUT2D eigenvalue weighted by molar-refractivity contribution is 5.83. The largest absolute Gasteiger partial charge is 0.351 e. The summed E-state index contributed by atoms with van der Waals surface area (Å²) in [7, 11) is 0. The molecule has 4 rings (SSSR count). The second-order valence-electron chi connectivity index (χ2n) is 7.71. The molecule has 3 atom stereocenters. The van der Waals surface area contributed by atoms with Crippen LogP contribution in [0.5, 0.6) is 0 Å². The molecule has 2 aliphatic rings. The smallest absolute Gasteiger partial charge is 0.260 e. The summed E-state index contributed by atoms with van der Waals surface area (Å²) >= 11 is 0. The Balaban J connectivity index is 1.37. The third-order valence-electron chi connectivity index (χ3n) is 6.08. The van der Waals surface area contributed by atoms with Gasteiger partial charge in [-0.1, -0.05) is 30.3 Å². The van der Waals surface area contributed by atoms with E-state index in [9.17, 15) is 13.6 Å². The zero-order chi connectivity index (χ0) is 19.7. The topological polar surface area (TPSA) is 63.1 Å². The van der Waals surface area contributed by atoms with E-state index < -0.39 is 12.5 Å². The minimum Gasteiger partial charge on any atom is -0.351 e. The molecule has 0 radical (unpaired) electrons. The number of hydrogen-bond donors (Lipinski definition) is 1. The van der Waals surface area contributed by atoms with Crippen molar-refractivity contribution >= 4 is 11.9 Å². The molecule has 1 unspecified atom stereocenters. The number of hydrogen-bond acceptors (Lipinski definition) is 4. The maximum atomic E-state index is 13.5. The van der Waals surface area contributed by atoms with Gasteiger partial charge in [0.05, 0.1) is 5.92 Å². The van der Waals surface area contributed by atoms with Gasteiger partial charge in [-0.25, -0.2) is 13.5 Å². The number of nitrogens with one attached hydrogen (secondary N) is 1. The molecule has 1 aromatic heterocycles. The molecule has 0 aliphatic carbocycles. The third kappa shape index (κ3) is 3.59. The van der Waals surface area contributed by atoms with Gasteiger partial charge in [0.25, 0.3) is 6.43 Å². The van der Waals surface area contributed by atoms with E-state index in [2.05, 4.69) is 15.4 Å². The van der Waals surface area contributed by atoms with Gasteiger partial charge in [0, 0.05) is 19.1 Å². The molecule has 1 aromatic carbocycles. The minimum atomic E-state index is -2.47. The number of rotatable bonds is 4. The van der Waals surface area contributed by atoms with Crippen molar-refractivity contribution in [2.75, 3.05) is 18.4 Å². The van der Waals surface area contributed by atoms with Crippen LogP contribution in [0.1, 0.15) is 43.7 Å². The molecular weight excluding hydrogens is 364 g/mol. The predicted octanol–water partition coefficient (Wildman–Crippen LogP) is 3.31. The molecule has 1 saturated heterocycles. The first kappa shape index (κ1) is 18.8. The fourth-order valence-electron chi connectivity index (χ4n) is 4.38. The zero-order valence-electron chi connectivity index (χ0n) is 15.8. The van der Waals surface area contributed by atoms with Crippen molar-refractivity contribution in [1.29, 1.82) is 0 Å². The Hall–Kier alpha value is -2.51. The monoisotopic (exact) mass is 389 g/mol. The summed E-state index contributed by atoms with van der Waals surface area (Å²) < 4.78 is 28.2. The summed E-state index contributed by atoms with van der Waals surface area (Å²) in [5, 5.41) is 7.21. The van der Waals surface area contributed by atoms with Crippen molar-refractivity contribution in [2.24, 2.45) is 5.92 Å². The zero-order valence-corrected chi connectivity index (χ0v) is 15.8. The lowest BCUT2D eigenvalue weighted by Crippen LogP contribution is -2.47. The number of alkyl halides is 2. The summed E-state index contributed by atoms with van der Waals surface area (Å²) in [5.41, 5.74) is 1.02. The van der Waals surface area contributed by atoms with E-state index in [1.165, 1.54) is 11.0 Å². The lowest BCUT2D eigenvalue weighted by atomic mass is 9.84. The van der Waals surface area contributed by atoms with Crippen LogP contribution in [0.4, 0.5) is 14.7 Å². The first-order valence-electron chi connectivity index (χ1n) is 9.82. The fraction of sp³-hybridized carbons (Fsp3) is 0.550. The Kier molecular flexibility index (Phi) is 5.28. The Labute approximate surface area is 162 Å². The Morgan fingerprint density at radius 3 is 2.61 bits per heavy atom. The van der Waals surface area contributed by atoms with Gasteiger partial charge in [-0.05, 0) is 37.7 Å². The summed E-state index contributed by atoms with van der Waals surface area (Å²) in [6.07, 6.45) is 0.766. The molecule has 2 aliphatic heterocycles. The van der Waals surface area contributed by atoms with Crippen molar-refractivity contribution < 1.29 is 13.6 Å². The van der Waals surface area contributed by atoms with Gasteiger partial charge in [-0.3, -0.25) is 4.79 Å².